The van der Waals surface area contributed by atoms with E-state index in [-0.39, 0.29) is 5.56 Å². The molecular formula is C17H19Cl2N3O3. The molecule has 1 saturated heterocycles. The van der Waals surface area contributed by atoms with Crippen LogP contribution < -0.4 is 10.3 Å². The topological polar surface area (TPSA) is 56.6 Å². The minimum absolute atomic E-state index is 0.265. The molecule has 2 heterocycles. The van der Waals surface area contributed by atoms with E-state index < -0.39 is 0 Å². The van der Waals surface area contributed by atoms with E-state index in [2.05, 4.69) is 10.00 Å². The second-order valence-corrected chi connectivity index (χ2v) is 6.49. The fourth-order valence-corrected chi connectivity index (χ4v) is 2.86. The molecule has 0 aliphatic carbocycles. The maximum absolute atomic E-state index is 12.1. The Balaban J connectivity index is 1.61. The Kier molecular flexibility index (Phi) is 6.31. The zero-order valence-corrected chi connectivity index (χ0v) is 15.2. The first-order chi connectivity index (χ1) is 12.1. The summed E-state index contributed by atoms with van der Waals surface area (Å²) in [6, 6.07) is 7.91. The molecule has 0 radical (unpaired) electrons. The van der Waals surface area contributed by atoms with Gasteiger partial charge in [-0.2, -0.15) is 4.68 Å². The van der Waals surface area contributed by atoms with Crippen LogP contribution in [0, 0.1) is 0 Å². The second-order valence-electron chi connectivity index (χ2n) is 5.68. The lowest BCUT2D eigenvalue weighted by molar-refractivity contribution is 0.0357. The highest BCUT2D eigenvalue weighted by Crippen LogP contribution is 2.23. The number of aromatic nitrogens is 2. The van der Waals surface area contributed by atoms with Crippen molar-refractivity contribution in [2.75, 3.05) is 39.5 Å². The van der Waals surface area contributed by atoms with E-state index in [1.165, 1.54) is 10.7 Å². The van der Waals surface area contributed by atoms with E-state index in [1.807, 2.05) is 0 Å². The number of morpholine rings is 1. The summed E-state index contributed by atoms with van der Waals surface area (Å²) in [6.07, 6.45) is 0.883. The van der Waals surface area contributed by atoms with Crippen molar-refractivity contribution in [3.05, 3.63) is 50.7 Å². The Morgan fingerprint density at radius 1 is 1.12 bits per heavy atom. The van der Waals surface area contributed by atoms with E-state index in [0.717, 1.165) is 39.3 Å². The van der Waals surface area contributed by atoms with Crippen LogP contribution in [-0.2, 0) is 4.74 Å². The SMILES string of the molecule is O=c1ccc(OCCCN2CCOCC2)nn1-c1ccc(Cl)c(Cl)c1. The maximum atomic E-state index is 12.1. The van der Waals surface area contributed by atoms with Gasteiger partial charge in [-0.15, -0.1) is 5.10 Å². The number of benzene rings is 1. The maximum Gasteiger partial charge on any atom is 0.271 e. The van der Waals surface area contributed by atoms with Gasteiger partial charge in [0, 0.05) is 31.8 Å². The third-order valence-electron chi connectivity index (χ3n) is 3.90. The Labute approximate surface area is 155 Å². The Morgan fingerprint density at radius 2 is 1.92 bits per heavy atom. The molecule has 0 atom stereocenters. The van der Waals surface area contributed by atoms with Crippen LogP contribution in [0.5, 0.6) is 5.88 Å². The number of hydrogen-bond acceptors (Lipinski definition) is 5. The van der Waals surface area contributed by atoms with E-state index >= 15 is 0 Å². The molecule has 0 saturated carbocycles. The zero-order valence-electron chi connectivity index (χ0n) is 13.7. The van der Waals surface area contributed by atoms with Crippen LogP contribution in [0.15, 0.2) is 35.1 Å². The molecule has 1 aliphatic heterocycles. The molecule has 1 aliphatic rings. The van der Waals surface area contributed by atoms with Crippen LogP contribution in [0.3, 0.4) is 0 Å². The normalized spacial score (nSPS) is 15.3. The number of nitrogens with zero attached hydrogens (tertiary/aromatic N) is 3. The predicted molar refractivity (Wildman–Crippen MR) is 97.2 cm³/mol. The third kappa shape index (κ3) is 4.95. The molecule has 0 amide bonds. The minimum atomic E-state index is -0.265. The third-order valence-corrected chi connectivity index (χ3v) is 4.63. The standard InChI is InChI=1S/C17H19Cl2N3O3/c18-14-3-2-13(12-15(14)19)22-17(23)5-4-16(20-22)25-9-1-6-21-7-10-24-11-8-21/h2-5,12H,1,6-11H2. The first-order valence-corrected chi connectivity index (χ1v) is 8.88. The van der Waals surface area contributed by atoms with Crippen molar-refractivity contribution >= 4 is 23.2 Å². The van der Waals surface area contributed by atoms with Gasteiger partial charge in [-0.05, 0) is 24.6 Å². The molecule has 8 heteroatoms. The van der Waals surface area contributed by atoms with Gasteiger partial charge >= 0.3 is 0 Å². The van der Waals surface area contributed by atoms with E-state index in [0.29, 0.717) is 28.2 Å². The molecule has 2 aromatic rings. The molecule has 1 aromatic carbocycles. The highest BCUT2D eigenvalue weighted by Gasteiger charge is 2.10. The smallest absolute Gasteiger partial charge is 0.271 e. The minimum Gasteiger partial charge on any atom is -0.477 e. The quantitative estimate of drug-likeness (QED) is 0.717. The van der Waals surface area contributed by atoms with Crippen molar-refractivity contribution in [3.63, 3.8) is 0 Å². The van der Waals surface area contributed by atoms with Crippen molar-refractivity contribution in [2.45, 2.75) is 6.42 Å². The van der Waals surface area contributed by atoms with E-state index in [4.69, 9.17) is 32.7 Å². The lowest BCUT2D eigenvalue weighted by Gasteiger charge is -2.26. The van der Waals surface area contributed by atoms with Gasteiger partial charge in [0.25, 0.3) is 5.56 Å². The van der Waals surface area contributed by atoms with Crippen molar-refractivity contribution in [1.29, 1.82) is 0 Å². The van der Waals surface area contributed by atoms with Gasteiger partial charge in [-0.3, -0.25) is 9.69 Å². The largest absolute Gasteiger partial charge is 0.477 e. The molecule has 134 valence electrons. The molecule has 3 rings (SSSR count). The van der Waals surface area contributed by atoms with Gasteiger partial charge in [0.15, 0.2) is 0 Å². The highest BCUT2D eigenvalue weighted by atomic mass is 35.5. The van der Waals surface area contributed by atoms with Crippen LogP contribution in [-0.4, -0.2) is 54.1 Å². The summed E-state index contributed by atoms with van der Waals surface area (Å²) in [4.78, 5) is 14.4. The van der Waals surface area contributed by atoms with Gasteiger partial charge in [-0.1, -0.05) is 23.2 Å². The van der Waals surface area contributed by atoms with Crippen molar-refractivity contribution in [2.24, 2.45) is 0 Å². The van der Waals surface area contributed by atoms with Crippen LogP contribution in [0.1, 0.15) is 6.42 Å². The number of hydrogen-bond donors (Lipinski definition) is 0. The number of halogens is 2. The number of rotatable bonds is 6. The Bertz CT molecular complexity index is 776. The molecule has 6 nitrogen and oxygen atoms in total. The zero-order chi connectivity index (χ0) is 17.6. The summed E-state index contributed by atoms with van der Waals surface area (Å²) < 4.78 is 12.3. The highest BCUT2D eigenvalue weighted by molar-refractivity contribution is 6.42. The summed E-state index contributed by atoms with van der Waals surface area (Å²) in [5.41, 5.74) is 0.275. The Morgan fingerprint density at radius 3 is 2.68 bits per heavy atom. The summed E-state index contributed by atoms with van der Waals surface area (Å²) >= 11 is 11.9. The summed E-state index contributed by atoms with van der Waals surface area (Å²) in [7, 11) is 0. The predicted octanol–water partition coefficient (Wildman–Crippen LogP) is 2.64. The van der Waals surface area contributed by atoms with Crippen molar-refractivity contribution < 1.29 is 9.47 Å². The van der Waals surface area contributed by atoms with Crippen LogP contribution in [0.25, 0.3) is 5.69 Å². The van der Waals surface area contributed by atoms with Crippen LogP contribution >= 0.6 is 23.2 Å². The van der Waals surface area contributed by atoms with Gasteiger partial charge in [-0.25, -0.2) is 0 Å². The summed E-state index contributed by atoms with van der Waals surface area (Å²) in [5.74, 6) is 0.396. The van der Waals surface area contributed by atoms with Gasteiger partial charge in [0.2, 0.25) is 5.88 Å². The van der Waals surface area contributed by atoms with Gasteiger partial charge in [0.05, 0.1) is 35.6 Å². The average Bonchev–Trinajstić information content (AvgIpc) is 2.63. The average molecular weight is 384 g/mol. The molecule has 0 unspecified atom stereocenters. The van der Waals surface area contributed by atoms with Crippen molar-refractivity contribution in [3.8, 4) is 11.6 Å². The lowest BCUT2D eigenvalue weighted by Crippen LogP contribution is -2.37. The molecular weight excluding hydrogens is 365 g/mol. The van der Waals surface area contributed by atoms with E-state index in [9.17, 15) is 4.79 Å². The molecule has 25 heavy (non-hydrogen) atoms. The fourth-order valence-electron chi connectivity index (χ4n) is 2.56. The van der Waals surface area contributed by atoms with Gasteiger partial charge in [0.1, 0.15) is 0 Å². The fraction of sp³-hybridized carbons (Fsp3) is 0.412. The molecule has 1 aromatic heterocycles. The molecule has 0 spiro atoms. The van der Waals surface area contributed by atoms with Crippen LogP contribution in [0.4, 0.5) is 0 Å². The molecule has 1 fully saturated rings. The monoisotopic (exact) mass is 383 g/mol. The lowest BCUT2D eigenvalue weighted by atomic mass is 10.3. The summed E-state index contributed by atoms with van der Waals surface area (Å²) in [5, 5.41) is 5.03. The second kappa shape index (κ2) is 8.67. The molecule has 0 N–H and O–H groups in total. The Hall–Kier alpha value is -1.60. The first kappa shape index (κ1) is 18.2. The van der Waals surface area contributed by atoms with Crippen molar-refractivity contribution in [1.82, 2.24) is 14.7 Å². The van der Waals surface area contributed by atoms with Gasteiger partial charge < -0.3 is 9.47 Å². The van der Waals surface area contributed by atoms with Crippen LogP contribution in [0.2, 0.25) is 10.0 Å². The van der Waals surface area contributed by atoms with E-state index in [1.54, 1.807) is 24.3 Å². The first-order valence-electron chi connectivity index (χ1n) is 8.12. The number of ether oxygens (including phenoxy) is 2. The molecule has 0 bridgehead atoms. The summed E-state index contributed by atoms with van der Waals surface area (Å²) in [6.45, 7) is 4.98.